The molecular formula is C10H13N3O4S. The maximum atomic E-state index is 11.9. The number of sulfonamides is 1. The number of aliphatic hydroxyl groups is 1. The molecule has 2 aromatic rings. The number of nitrogens with zero attached hydrogens (tertiary/aromatic N) is 2. The van der Waals surface area contributed by atoms with Crippen LogP contribution in [0.4, 0.5) is 0 Å². The van der Waals surface area contributed by atoms with E-state index in [1.54, 1.807) is 17.7 Å². The molecule has 8 heteroatoms. The maximum Gasteiger partial charge on any atom is 0.242 e. The lowest BCUT2D eigenvalue weighted by molar-refractivity contribution is 0.272. The van der Waals surface area contributed by atoms with Gasteiger partial charge in [0.25, 0.3) is 0 Å². The molecule has 0 spiro atoms. The first-order valence-corrected chi connectivity index (χ1v) is 6.66. The summed E-state index contributed by atoms with van der Waals surface area (Å²) in [5.74, 6) is 0. The van der Waals surface area contributed by atoms with Crippen LogP contribution in [0, 0.1) is 0 Å². The van der Waals surface area contributed by atoms with Crippen molar-refractivity contribution in [1.82, 2.24) is 14.4 Å². The predicted octanol–water partition coefficient (Wildman–Crippen LogP) is -0.0161. The van der Waals surface area contributed by atoms with Crippen LogP contribution >= 0.6 is 0 Å². The van der Waals surface area contributed by atoms with Crippen molar-refractivity contribution in [1.29, 1.82) is 0 Å². The summed E-state index contributed by atoms with van der Waals surface area (Å²) >= 11 is 0. The first kappa shape index (κ1) is 12.8. The molecule has 2 heterocycles. The number of hydrogen-bond donors (Lipinski definition) is 2. The summed E-state index contributed by atoms with van der Waals surface area (Å²) in [5.41, 5.74) is 1.02. The van der Waals surface area contributed by atoms with E-state index in [9.17, 15) is 8.42 Å². The summed E-state index contributed by atoms with van der Waals surface area (Å²) in [7, 11) is -1.94. The zero-order valence-corrected chi connectivity index (χ0v) is 10.5. The van der Waals surface area contributed by atoms with Gasteiger partial charge in [-0.25, -0.2) is 13.1 Å². The average molecular weight is 271 g/mol. The molecule has 0 aromatic carbocycles. The summed E-state index contributed by atoms with van der Waals surface area (Å²) in [6.07, 6.45) is 2.81. The van der Waals surface area contributed by atoms with Gasteiger partial charge in [0.05, 0.1) is 23.7 Å². The number of rotatable bonds is 5. The van der Waals surface area contributed by atoms with Crippen LogP contribution in [0.25, 0.3) is 0 Å². The Bertz CT molecular complexity index is 616. The molecule has 0 amide bonds. The fourth-order valence-electron chi connectivity index (χ4n) is 1.46. The summed E-state index contributed by atoms with van der Waals surface area (Å²) in [4.78, 5) is 0.109. The van der Waals surface area contributed by atoms with E-state index in [0.717, 1.165) is 0 Å². The monoisotopic (exact) mass is 271 g/mol. The van der Waals surface area contributed by atoms with E-state index < -0.39 is 10.0 Å². The van der Waals surface area contributed by atoms with Crippen molar-refractivity contribution in [2.45, 2.75) is 18.0 Å². The summed E-state index contributed by atoms with van der Waals surface area (Å²) in [6.45, 7) is -0.155. The normalized spacial score (nSPS) is 11.9. The molecule has 0 aliphatic heterocycles. The molecule has 0 aliphatic carbocycles. The van der Waals surface area contributed by atoms with Gasteiger partial charge in [0.15, 0.2) is 0 Å². The molecule has 0 saturated carbocycles. The van der Waals surface area contributed by atoms with Gasteiger partial charge in [-0.3, -0.25) is 0 Å². The van der Waals surface area contributed by atoms with Crippen LogP contribution in [0.3, 0.4) is 0 Å². The molecule has 0 bridgehead atoms. The average Bonchev–Trinajstić information content (AvgIpc) is 2.95. The quantitative estimate of drug-likeness (QED) is 0.796. The molecule has 2 rings (SSSR count). The highest BCUT2D eigenvalue weighted by Crippen LogP contribution is 2.13. The highest BCUT2D eigenvalue weighted by atomic mass is 32.2. The fraction of sp³-hybridized carbons (Fsp3) is 0.300. The Balaban J connectivity index is 2.14. The molecule has 98 valence electrons. The van der Waals surface area contributed by atoms with Gasteiger partial charge >= 0.3 is 0 Å². The predicted molar refractivity (Wildman–Crippen MR) is 61.9 cm³/mol. The Morgan fingerprint density at radius 3 is 2.89 bits per heavy atom. The van der Waals surface area contributed by atoms with Crippen LogP contribution in [0.15, 0.2) is 34.0 Å². The number of hydrogen-bond acceptors (Lipinski definition) is 5. The first-order valence-electron chi connectivity index (χ1n) is 5.18. The molecule has 2 N–H and O–H groups in total. The van der Waals surface area contributed by atoms with E-state index in [-0.39, 0.29) is 18.0 Å². The number of aryl methyl sites for hydroxylation is 1. The highest BCUT2D eigenvalue weighted by Gasteiger charge is 2.17. The minimum absolute atomic E-state index is 0.0577. The third-order valence-corrected chi connectivity index (χ3v) is 3.86. The summed E-state index contributed by atoms with van der Waals surface area (Å²) in [5, 5.41) is 12.6. The molecule has 0 fully saturated rings. The van der Waals surface area contributed by atoms with Crippen LogP contribution in [0.1, 0.15) is 11.4 Å². The molecule has 0 saturated heterocycles. The van der Waals surface area contributed by atoms with Crippen LogP contribution in [0.5, 0.6) is 0 Å². The lowest BCUT2D eigenvalue weighted by Crippen LogP contribution is -2.23. The van der Waals surface area contributed by atoms with Gasteiger partial charge in [0.2, 0.25) is 10.0 Å². The van der Waals surface area contributed by atoms with Crippen molar-refractivity contribution in [3.05, 3.63) is 36.0 Å². The molecule has 0 radical (unpaired) electrons. The molecule has 2 aromatic heterocycles. The lowest BCUT2D eigenvalue weighted by atomic mass is 10.4. The Kier molecular flexibility index (Phi) is 3.50. The second-order valence-electron chi connectivity index (χ2n) is 3.75. The molecule has 0 aliphatic rings. The van der Waals surface area contributed by atoms with Crippen molar-refractivity contribution in [2.24, 2.45) is 7.05 Å². The van der Waals surface area contributed by atoms with Crippen LogP contribution < -0.4 is 4.72 Å². The summed E-state index contributed by atoms with van der Waals surface area (Å²) < 4.78 is 32.5. The number of aromatic nitrogens is 2. The second kappa shape index (κ2) is 4.92. The second-order valence-corrected chi connectivity index (χ2v) is 5.52. The number of aliphatic hydroxyl groups excluding tert-OH is 1. The Labute approximate surface area is 104 Å². The van der Waals surface area contributed by atoms with E-state index in [1.165, 1.54) is 18.5 Å². The van der Waals surface area contributed by atoms with Gasteiger partial charge in [-0.2, -0.15) is 0 Å². The minimum atomic E-state index is -3.61. The van der Waals surface area contributed by atoms with Gasteiger partial charge < -0.3 is 14.2 Å². The Morgan fingerprint density at radius 2 is 2.33 bits per heavy atom. The van der Waals surface area contributed by atoms with Gasteiger partial charge in [0.1, 0.15) is 6.26 Å². The SMILES string of the molecule is Cn1cc(S(=O)(=O)NCc2ccon2)cc1CO. The van der Waals surface area contributed by atoms with Gasteiger partial charge in [-0.1, -0.05) is 5.16 Å². The van der Waals surface area contributed by atoms with Crippen LogP contribution in [-0.2, 0) is 30.2 Å². The molecule has 0 unspecified atom stereocenters. The van der Waals surface area contributed by atoms with Crippen LogP contribution in [0.2, 0.25) is 0 Å². The fourth-order valence-corrected chi connectivity index (χ4v) is 2.55. The van der Waals surface area contributed by atoms with Crippen molar-refractivity contribution in [3.8, 4) is 0 Å². The molecular weight excluding hydrogens is 258 g/mol. The van der Waals surface area contributed by atoms with Crippen molar-refractivity contribution in [2.75, 3.05) is 0 Å². The van der Waals surface area contributed by atoms with E-state index in [2.05, 4.69) is 14.4 Å². The molecule has 18 heavy (non-hydrogen) atoms. The van der Waals surface area contributed by atoms with Crippen molar-refractivity contribution >= 4 is 10.0 Å². The van der Waals surface area contributed by atoms with E-state index >= 15 is 0 Å². The van der Waals surface area contributed by atoms with Gasteiger partial charge in [-0.15, -0.1) is 0 Å². The Morgan fingerprint density at radius 1 is 1.56 bits per heavy atom. The lowest BCUT2D eigenvalue weighted by Gasteiger charge is -2.01. The van der Waals surface area contributed by atoms with E-state index in [1.807, 2.05) is 0 Å². The zero-order chi connectivity index (χ0) is 13.2. The van der Waals surface area contributed by atoms with Gasteiger partial charge in [0, 0.05) is 25.0 Å². The zero-order valence-electron chi connectivity index (χ0n) is 9.70. The largest absolute Gasteiger partial charge is 0.390 e. The minimum Gasteiger partial charge on any atom is -0.390 e. The smallest absolute Gasteiger partial charge is 0.242 e. The summed E-state index contributed by atoms with van der Waals surface area (Å²) in [6, 6.07) is 3.00. The molecule has 7 nitrogen and oxygen atoms in total. The number of nitrogens with one attached hydrogen (secondary N) is 1. The highest BCUT2D eigenvalue weighted by molar-refractivity contribution is 7.89. The maximum absolute atomic E-state index is 11.9. The van der Waals surface area contributed by atoms with E-state index in [4.69, 9.17) is 5.11 Å². The standard InChI is InChI=1S/C10H13N3O4S/c1-13-6-10(4-9(13)7-14)18(15,16)11-5-8-2-3-17-12-8/h2-4,6,11,14H,5,7H2,1H3. The Hall–Kier alpha value is -1.64. The molecule has 0 atom stereocenters. The topological polar surface area (TPSA) is 97.4 Å². The van der Waals surface area contributed by atoms with E-state index in [0.29, 0.717) is 11.4 Å². The van der Waals surface area contributed by atoms with Crippen LogP contribution in [-0.4, -0.2) is 23.2 Å². The van der Waals surface area contributed by atoms with Gasteiger partial charge in [-0.05, 0) is 6.07 Å². The van der Waals surface area contributed by atoms with Crippen molar-refractivity contribution < 1.29 is 18.0 Å². The third kappa shape index (κ3) is 2.61. The van der Waals surface area contributed by atoms with Crippen molar-refractivity contribution in [3.63, 3.8) is 0 Å². The third-order valence-electron chi connectivity index (χ3n) is 2.49. The first-order chi connectivity index (χ1) is 8.53.